The Morgan fingerprint density at radius 1 is 1.36 bits per heavy atom. The van der Waals surface area contributed by atoms with Gasteiger partial charge in [0.25, 0.3) is 5.91 Å². The van der Waals surface area contributed by atoms with Crippen molar-refractivity contribution >= 4 is 15.9 Å². The highest BCUT2D eigenvalue weighted by Crippen LogP contribution is 2.14. The number of morpholine rings is 1. The molecule has 1 aliphatic rings. The second-order valence-corrected chi connectivity index (χ2v) is 7.45. The highest BCUT2D eigenvalue weighted by Gasteiger charge is 2.30. The van der Waals surface area contributed by atoms with Gasteiger partial charge in [0, 0.05) is 25.8 Å². The molecule has 1 aromatic rings. The smallest absolute Gasteiger partial charge is 0.269 e. The molecule has 8 heteroatoms. The molecule has 1 N–H and O–H groups in total. The maximum atomic E-state index is 12.3. The van der Waals surface area contributed by atoms with Gasteiger partial charge in [-0.15, -0.1) is 0 Å². The minimum atomic E-state index is -3.41. The zero-order chi connectivity index (χ0) is 16.2. The number of hydrogen-bond donors (Lipinski definition) is 1. The zero-order valence-corrected chi connectivity index (χ0v) is 13.5. The predicted molar refractivity (Wildman–Crippen MR) is 81.9 cm³/mol. The van der Waals surface area contributed by atoms with Gasteiger partial charge in [0.2, 0.25) is 10.0 Å². The van der Waals surface area contributed by atoms with Crippen LogP contribution < -0.4 is 5.32 Å². The summed E-state index contributed by atoms with van der Waals surface area (Å²) in [6.45, 7) is 4.45. The number of pyridine rings is 1. The fourth-order valence-corrected chi connectivity index (χ4v) is 3.86. The molecule has 0 aliphatic carbocycles. The van der Waals surface area contributed by atoms with Crippen molar-refractivity contribution in [2.45, 2.75) is 26.1 Å². The lowest BCUT2D eigenvalue weighted by Gasteiger charge is -2.34. The van der Waals surface area contributed by atoms with Crippen molar-refractivity contribution in [2.24, 2.45) is 0 Å². The summed E-state index contributed by atoms with van der Waals surface area (Å²) in [7, 11) is -3.41. The Morgan fingerprint density at radius 2 is 2.05 bits per heavy atom. The van der Waals surface area contributed by atoms with Crippen LogP contribution in [0.2, 0.25) is 0 Å². The van der Waals surface area contributed by atoms with E-state index >= 15 is 0 Å². The van der Waals surface area contributed by atoms with E-state index in [0.29, 0.717) is 13.1 Å². The van der Waals surface area contributed by atoms with Gasteiger partial charge in [-0.25, -0.2) is 8.42 Å². The Balaban J connectivity index is 1.86. The van der Waals surface area contributed by atoms with E-state index in [1.165, 1.54) is 10.5 Å². The van der Waals surface area contributed by atoms with Gasteiger partial charge >= 0.3 is 0 Å². The van der Waals surface area contributed by atoms with Crippen molar-refractivity contribution in [1.29, 1.82) is 0 Å². The number of rotatable bonds is 5. The molecule has 0 unspecified atom stereocenters. The normalized spacial score (nSPS) is 23.2. The first-order chi connectivity index (χ1) is 10.4. The van der Waals surface area contributed by atoms with E-state index in [1.54, 1.807) is 18.2 Å². The molecule has 0 saturated carbocycles. The lowest BCUT2D eigenvalue weighted by atomic mass is 10.3. The number of ether oxygens (including phenoxy) is 1. The average Bonchev–Trinajstić information content (AvgIpc) is 2.47. The third kappa shape index (κ3) is 4.49. The minimum Gasteiger partial charge on any atom is -0.373 e. The van der Waals surface area contributed by atoms with Gasteiger partial charge in [0.15, 0.2) is 0 Å². The summed E-state index contributed by atoms with van der Waals surface area (Å²) < 4.78 is 31.6. The van der Waals surface area contributed by atoms with Crippen LogP contribution in [0.5, 0.6) is 0 Å². The van der Waals surface area contributed by atoms with Gasteiger partial charge in [-0.05, 0) is 26.0 Å². The highest BCUT2D eigenvalue weighted by molar-refractivity contribution is 7.89. The summed E-state index contributed by atoms with van der Waals surface area (Å²) in [5, 5.41) is 2.58. The van der Waals surface area contributed by atoms with Crippen LogP contribution in [0.3, 0.4) is 0 Å². The summed E-state index contributed by atoms with van der Waals surface area (Å²) in [4.78, 5) is 15.7. The van der Waals surface area contributed by atoms with Crippen molar-refractivity contribution in [3.8, 4) is 0 Å². The van der Waals surface area contributed by atoms with E-state index in [2.05, 4.69) is 10.3 Å². The standard InChI is InChI=1S/C14H21N3O4S/c1-11-9-17(10-12(2)21-11)22(19,20)8-7-16-14(18)13-5-3-4-6-15-13/h3-6,11-12H,7-10H2,1-2H3,(H,16,18)/t11-,12-/m1/s1. The van der Waals surface area contributed by atoms with Crippen LogP contribution in [0.1, 0.15) is 24.3 Å². The summed E-state index contributed by atoms with van der Waals surface area (Å²) in [5.41, 5.74) is 0.272. The van der Waals surface area contributed by atoms with Crippen LogP contribution in [0.25, 0.3) is 0 Å². The lowest BCUT2D eigenvalue weighted by Crippen LogP contribution is -2.49. The SMILES string of the molecule is C[C@@H]1CN(S(=O)(=O)CCNC(=O)c2ccccn2)C[C@@H](C)O1. The van der Waals surface area contributed by atoms with Gasteiger partial charge in [-0.2, -0.15) is 4.31 Å². The van der Waals surface area contributed by atoms with Gasteiger partial charge in [0.05, 0.1) is 18.0 Å². The molecule has 22 heavy (non-hydrogen) atoms. The van der Waals surface area contributed by atoms with E-state index in [1.807, 2.05) is 13.8 Å². The van der Waals surface area contributed by atoms with Crippen LogP contribution in [0.15, 0.2) is 24.4 Å². The Bertz CT molecular complexity index is 596. The molecule has 1 fully saturated rings. The number of carbonyl (C=O) groups excluding carboxylic acids is 1. The molecule has 1 amide bonds. The Hall–Kier alpha value is -1.51. The summed E-state index contributed by atoms with van der Waals surface area (Å²) >= 11 is 0. The van der Waals surface area contributed by atoms with Gasteiger partial charge in [0.1, 0.15) is 5.69 Å². The van der Waals surface area contributed by atoms with E-state index < -0.39 is 10.0 Å². The Kier molecular flexibility index (Phi) is 5.49. The van der Waals surface area contributed by atoms with E-state index in [0.717, 1.165) is 0 Å². The maximum absolute atomic E-state index is 12.3. The van der Waals surface area contributed by atoms with E-state index in [-0.39, 0.29) is 36.1 Å². The van der Waals surface area contributed by atoms with Crippen molar-refractivity contribution in [3.63, 3.8) is 0 Å². The van der Waals surface area contributed by atoms with Crippen LogP contribution >= 0.6 is 0 Å². The average molecular weight is 327 g/mol. The van der Waals surface area contributed by atoms with Gasteiger partial charge in [-0.1, -0.05) is 6.07 Å². The molecule has 2 heterocycles. The molecule has 122 valence electrons. The third-order valence-electron chi connectivity index (χ3n) is 3.32. The Morgan fingerprint density at radius 3 is 2.64 bits per heavy atom. The van der Waals surface area contributed by atoms with Crippen molar-refractivity contribution < 1.29 is 17.9 Å². The number of sulfonamides is 1. The van der Waals surface area contributed by atoms with Gasteiger partial charge in [-0.3, -0.25) is 9.78 Å². The summed E-state index contributed by atoms with van der Waals surface area (Å²) in [6, 6.07) is 4.99. The molecule has 7 nitrogen and oxygen atoms in total. The predicted octanol–water partition coefficient (Wildman–Crippen LogP) is 0.250. The topological polar surface area (TPSA) is 88.6 Å². The second kappa shape index (κ2) is 7.17. The number of nitrogens with one attached hydrogen (secondary N) is 1. The zero-order valence-electron chi connectivity index (χ0n) is 12.7. The van der Waals surface area contributed by atoms with E-state index in [9.17, 15) is 13.2 Å². The fraction of sp³-hybridized carbons (Fsp3) is 0.571. The molecular formula is C14H21N3O4S. The number of amides is 1. The second-order valence-electron chi connectivity index (χ2n) is 5.36. The summed E-state index contributed by atoms with van der Waals surface area (Å²) in [6.07, 6.45) is 1.27. The molecule has 0 spiro atoms. The molecule has 1 aromatic heterocycles. The first-order valence-electron chi connectivity index (χ1n) is 7.21. The van der Waals surface area contributed by atoms with Crippen LogP contribution in [-0.2, 0) is 14.8 Å². The minimum absolute atomic E-state index is 0.0534. The molecule has 0 aromatic carbocycles. The molecule has 0 bridgehead atoms. The first-order valence-corrected chi connectivity index (χ1v) is 8.82. The third-order valence-corrected chi connectivity index (χ3v) is 5.13. The maximum Gasteiger partial charge on any atom is 0.269 e. The number of nitrogens with zero attached hydrogens (tertiary/aromatic N) is 2. The van der Waals surface area contributed by atoms with Crippen molar-refractivity contribution in [1.82, 2.24) is 14.6 Å². The quantitative estimate of drug-likeness (QED) is 0.837. The fourth-order valence-electron chi connectivity index (χ4n) is 2.37. The largest absolute Gasteiger partial charge is 0.373 e. The molecule has 1 saturated heterocycles. The van der Waals surface area contributed by atoms with Gasteiger partial charge < -0.3 is 10.1 Å². The monoisotopic (exact) mass is 327 g/mol. The van der Waals surface area contributed by atoms with Crippen molar-refractivity contribution in [2.75, 3.05) is 25.4 Å². The number of carbonyl (C=O) groups is 1. The lowest BCUT2D eigenvalue weighted by molar-refractivity contribution is -0.0440. The van der Waals surface area contributed by atoms with Crippen LogP contribution in [-0.4, -0.2) is 61.2 Å². The Labute approximate surface area is 130 Å². The van der Waals surface area contributed by atoms with Crippen molar-refractivity contribution in [3.05, 3.63) is 30.1 Å². The summed E-state index contributed by atoms with van der Waals surface area (Å²) in [5.74, 6) is -0.509. The highest BCUT2D eigenvalue weighted by atomic mass is 32.2. The van der Waals surface area contributed by atoms with E-state index in [4.69, 9.17) is 4.74 Å². The molecule has 2 atom stereocenters. The molecular weight excluding hydrogens is 306 g/mol. The molecule has 1 aliphatic heterocycles. The number of aromatic nitrogens is 1. The van der Waals surface area contributed by atoms with Crippen LogP contribution in [0, 0.1) is 0 Å². The number of hydrogen-bond acceptors (Lipinski definition) is 5. The molecule has 0 radical (unpaired) electrons. The molecule has 2 rings (SSSR count). The van der Waals surface area contributed by atoms with Crippen LogP contribution in [0.4, 0.5) is 0 Å². The first kappa shape index (κ1) is 16.9.